The number of benzene rings is 2. The van der Waals surface area contributed by atoms with Crippen molar-refractivity contribution in [3.8, 4) is 11.5 Å². The monoisotopic (exact) mass is 568 g/mol. The van der Waals surface area contributed by atoms with Gasteiger partial charge in [0.15, 0.2) is 5.96 Å². The number of carbonyl (C=O) groups is 1. The lowest BCUT2D eigenvalue weighted by atomic mass is 10.1. The number of aliphatic imine (C=N–C) groups is 1. The molecule has 0 saturated carbocycles. The van der Waals surface area contributed by atoms with E-state index in [-0.39, 0.29) is 36.0 Å². The minimum absolute atomic E-state index is 0. The van der Waals surface area contributed by atoms with Crippen LogP contribution in [0.1, 0.15) is 43.6 Å². The lowest BCUT2D eigenvalue weighted by molar-refractivity contribution is 0.0773. The summed E-state index contributed by atoms with van der Waals surface area (Å²) < 4.78 is 11.2. The third kappa shape index (κ3) is 9.49. The van der Waals surface area contributed by atoms with Crippen molar-refractivity contribution in [1.29, 1.82) is 0 Å². The Kier molecular flexibility index (Phi) is 13.3. The summed E-state index contributed by atoms with van der Waals surface area (Å²) in [7, 11) is 1.64. The quantitative estimate of drug-likeness (QED) is 0.240. The minimum atomic E-state index is -0.0589. The molecule has 182 valence electrons. The van der Waals surface area contributed by atoms with Crippen LogP contribution in [-0.4, -0.2) is 56.2 Å². The lowest BCUT2D eigenvalue weighted by Gasteiger charge is -2.19. The van der Waals surface area contributed by atoms with Crippen LogP contribution in [-0.2, 0) is 6.54 Å². The molecule has 0 aliphatic carbocycles. The Hall–Kier alpha value is -2.49. The van der Waals surface area contributed by atoms with Crippen molar-refractivity contribution in [3.63, 3.8) is 0 Å². The summed E-state index contributed by atoms with van der Waals surface area (Å²) in [4.78, 5) is 18.9. The van der Waals surface area contributed by atoms with Gasteiger partial charge in [0.2, 0.25) is 0 Å². The zero-order chi connectivity index (χ0) is 23.3. The molecule has 2 aromatic carbocycles. The van der Waals surface area contributed by atoms with Crippen molar-refractivity contribution in [2.45, 2.75) is 40.3 Å². The number of carbonyl (C=O) groups excluding carboxylic acids is 1. The van der Waals surface area contributed by atoms with Crippen LogP contribution >= 0.6 is 24.0 Å². The summed E-state index contributed by atoms with van der Waals surface area (Å²) in [5.74, 6) is 2.31. The Labute approximate surface area is 215 Å². The van der Waals surface area contributed by atoms with Gasteiger partial charge in [-0.3, -0.25) is 4.79 Å². The molecule has 0 spiro atoms. The first kappa shape index (κ1) is 28.5. The molecule has 2 aromatic rings. The average Bonchev–Trinajstić information content (AvgIpc) is 2.82. The van der Waals surface area contributed by atoms with Crippen LogP contribution in [0, 0.1) is 0 Å². The number of hydrogen-bond acceptors (Lipinski definition) is 4. The van der Waals surface area contributed by atoms with E-state index in [1.807, 2.05) is 81.1 Å². The zero-order valence-electron chi connectivity index (χ0n) is 20.3. The molecular weight excluding hydrogens is 531 g/mol. The van der Waals surface area contributed by atoms with Crippen LogP contribution in [0.5, 0.6) is 11.5 Å². The number of guanidine groups is 1. The highest BCUT2D eigenvalue weighted by atomic mass is 127. The molecule has 0 aliphatic rings. The Bertz CT molecular complexity index is 870. The number of halogens is 1. The van der Waals surface area contributed by atoms with E-state index < -0.39 is 0 Å². The van der Waals surface area contributed by atoms with Gasteiger partial charge in [-0.1, -0.05) is 18.2 Å². The number of amides is 1. The van der Waals surface area contributed by atoms with Crippen molar-refractivity contribution in [3.05, 3.63) is 59.7 Å². The Balaban J connectivity index is 0.00000544. The fourth-order valence-electron chi connectivity index (χ4n) is 3.15. The summed E-state index contributed by atoms with van der Waals surface area (Å²) in [6.45, 7) is 11.3. The molecular formula is C25H37IN4O3. The smallest absolute Gasteiger partial charge is 0.253 e. The predicted molar refractivity (Wildman–Crippen MR) is 145 cm³/mol. The van der Waals surface area contributed by atoms with Gasteiger partial charge < -0.3 is 25.0 Å². The number of nitrogens with zero attached hydrogens (tertiary/aromatic N) is 2. The molecule has 0 aliphatic heterocycles. The Morgan fingerprint density at radius 3 is 2.30 bits per heavy atom. The maximum Gasteiger partial charge on any atom is 0.253 e. The lowest BCUT2D eigenvalue weighted by Crippen LogP contribution is -2.41. The van der Waals surface area contributed by atoms with Gasteiger partial charge in [-0.2, -0.15) is 0 Å². The van der Waals surface area contributed by atoms with E-state index in [1.165, 1.54) is 0 Å². The molecule has 0 radical (unpaired) electrons. The maximum atomic E-state index is 12.4. The molecule has 0 fully saturated rings. The van der Waals surface area contributed by atoms with Gasteiger partial charge in [-0.05, 0) is 57.5 Å². The Morgan fingerprint density at radius 1 is 1.03 bits per heavy atom. The Morgan fingerprint density at radius 2 is 1.70 bits per heavy atom. The van der Waals surface area contributed by atoms with Crippen molar-refractivity contribution in [2.75, 3.05) is 33.3 Å². The topological polar surface area (TPSA) is 75.2 Å². The number of methoxy groups -OCH3 is 1. The third-order valence-corrected chi connectivity index (χ3v) is 4.95. The summed E-state index contributed by atoms with van der Waals surface area (Å²) >= 11 is 0. The number of ether oxygens (including phenoxy) is 2. The molecule has 0 aromatic heterocycles. The van der Waals surface area contributed by atoms with Gasteiger partial charge in [0.1, 0.15) is 17.6 Å². The normalized spacial score (nSPS) is 11.7. The van der Waals surface area contributed by atoms with Crippen molar-refractivity contribution >= 4 is 35.8 Å². The zero-order valence-corrected chi connectivity index (χ0v) is 22.6. The van der Waals surface area contributed by atoms with Gasteiger partial charge in [-0.25, -0.2) is 4.99 Å². The molecule has 2 N–H and O–H groups in total. The molecule has 0 bridgehead atoms. The first-order chi connectivity index (χ1) is 15.5. The number of hydrogen-bond donors (Lipinski definition) is 2. The van der Waals surface area contributed by atoms with E-state index in [1.54, 1.807) is 7.11 Å². The van der Waals surface area contributed by atoms with Gasteiger partial charge in [0.25, 0.3) is 5.91 Å². The highest BCUT2D eigenvalue weighted by Crippen LogP contribution is 2.19. The molecule has 7 nitrogen and oxygen atoms in total. The highest BCUT2D eigenvalue weighted by Gasteiger charge is 2.12. The largest absolute Gasteiger partial charge is 0.497 e. The minimum Gasteiger partial charge on any atom is -0.497 e. The van der Waals surface area contributed by atoms with Gasteiger partial charge in [0.05, 0.1) is 20.2 Å². The van der Waals surface area contributed by atoms with Gasteiger partial charge in [-0.15, -0.1) is 24.0 Å². The molecule has 1 amide bonds. The number of rotatable bonds is 11. The van der Waals surface area contributed by atoms with E-state index in [0.29, 0.717) is 31.7 Å². The van der Waals surface area contributed by atoms with Crippen molar-refractivity contribution in [2.24, 2.45) is 4.99 Å². The fourth-order valence-corrected chi connectivity index (χ4v) is 3.15. The van der Waals surface area contributed by atoms with E-state index in [0.717, 1.165) is 29.6 Å². The second-order valence-electron chi connectivity index (χ2n) is 7.36. The van der Waals surface area contributed by atoms with E-state index in [4.69, 9.17) is 9.47 Å². The maximum absolute atomic E-state index is 12.4. The van der Waals surface area contributed by atoms with E-state index >= 15 is 0 Å². The van der Waals surface area contributed by atoms with E-state index in [9.17, 15) is 4.79 Å². The molecule has 0 heterocycles. The molecule has 8 heteroatoms. The van der Waals surface area contributed by atoms with Crippen LogP contribution in [0.2, 0.25) is 0 Å². The highest BCUT2D eigenvalue weighted by molar-refractivity contribution is 14.0. The standard InChI is InChI=1S/C25H36N4O3.HI/c1-6-26-25(27-17-19(4)32-23-11-9-10-22(16-23)31-5)28-18-20-12-14-21(15-13-20)24(30)29(7-2)8-3;/h9-16,19H,6-8,17-18H2,1-5H3,(H2,26,27,28);1H. The first-order valence-corrected chi connectivity index (χ1v) is 11.2. The van der Waals surface area contributed by atoms with Crippen LogP contribution in [0.3, 0.4) is 0 Å². The SMILES string of the molecule is CCNC(=NCc1ccc(C(=O)N(CC)CC)cc1)NCC(C)Oc1cccc(OC)c1.I. The van der Waals surface area contributed by atoms with Gasteiger partial charge in [0, 0.05) is 31.3 Å². The second kappa shape index (κ2) is 15.4. The average molecular weight is 569 g/mol. The molecule has 1 atom stereocenters. The summed E-state index contributed by atoms with van der Waals surface area (Å²) in [5, 5.41) is 6.57. The second-order valence-corrected chi connectivity index (χ2v) is 7.36. The summed E-state index contributed by atoms with van der Waals surface area (Å²) in [5.41, 5.74) is 1.74. The van der Waals surface area contributed by atoms with Crippen LogP contribution in [0.25, 0.3) is 0 Å². The predicted octanol–water partition coefficient (Wildman–Crippen LogP) is 4.32. The number of nitrogens with one attached hydrogen (secondary N) is 2. The summed E-state index contributed by atoms with van der Waals surface area (Å²) in [6.07, 6.45) is -0.0589. The fraction of sp³-hybridized carbons (Fsp3) is 0.440. The van der Waals surface area contributed by atoms with Gasteiger partial charge >= 0.3 is 0 Å². The van der Waals surface area contributed by atoms with Crippen LogP contribution in [0.15, 0.2) is 53.5 Å². The summed E-state index contributed by atoms with van der Waals surface area (Å²) in [6, 6.07) is 15.2. The molecule has 33 heavy (non-hydrogen) atoms. The molecule has 0 saturated heterocycles. The van der Waals surface area contributed by atoms with Crippen molar-refractivity contribution in [1.82, 2.24) is 15.5 Å². The first-order valence-electron chi connectivity index (χ1n) is 11.2. The molecule has 2 rings (SSSR count). The van der Waals surface area contributed by atoms with Crippen LogP contribution < -0.4 is 20.1 Å². The van der Waals surface area contributed by atoms with E-state index in [2.05, 4.69) is 15.6 Å². The van der Waals surface area contributed by atoms with Crippen LogP contribution in [0.4, 0.5) is 0 Å². The van der Waals surface area contributed by atoms with Crippen molar-refractivity contribution < 1.29 is 14.3 Å². The third-order valence-electron chi connectivity index (χ3n) is 4.95. The molecule has 1 unspecified atom stereocenters.